The Labute approximate surface area is 107 Å². The van der Waals surface area contributed by atoms with Gasteiger partial charge in [0.15, 0.2) is 0 Å². The second kappa shape index (κ2) is 4.76. The first-order valence-electron chi connectivity index (χ1n) is 6.85. The lowest BCUT2D eigenvalue weighted by atomic mass is 10.1. The van der Waals surface area contributed by atoms with Crippen LogP contribution in [0.2, 0.25) is 0 Å². The van der Waals surface area contributed by atoms with E-state index in [0.717, 1.165) is 44.3 Å². The molecule has 0 bridgehead atoms. The van der Waals surface area contributed by atoms with Gasteiger partial charge >= 0.3 is 0 Å². The molecule has 1 aliphatic heterocycles. The van der Waals surface area contributed by atoms with Crippen molar-refractivity contribution in [2.75, 3.05) is 13.1 Å². The second-order valence-electron chi connectivity index (χ2n) is 5.49. The van der Waals surface area contributed by atoms with Crippen LogP contribution in [0.15, 0.2) is 18.5 Å². The molecule has 98 valence electrons. The Bertz CT molecular complexity index is 431. The summed E-state index contributed by atoms with van der Waals surface area (Å²) in [5, 5.41) is 10.0. The molecular weight excluding hydrogens is 228 g/mol. The third kappa shape index (κ3) is 2.43. The first-order valence-corrected chi connectivity index (χ1v) is 6.85. The number of hydrogen-bond acceptors (Lipinski definition) is 2. The van der Waals surface area contributed by atoms with E-state index in [1.165, 1.54) is 0 Å². The van der Waals surface area contributed by atoms with Gasteiger partial charge in [0.2, 0.25) is 5.91 Å². The molecule has 1 saturated carbocycles. The van der Waals surface area contributed by atoms with Crippen molar-refractivity contribution in [3.63, 3.8) is 0 Å². The topological polar surface area (TPSA) is 45.5 Å². The molecule has 0 radical (unpaired) electrons. The lowest BCUT2D eigenvalue weighted by Crippen LogP contribution is -2.30. The van der Waals surface area contributed by atoms with Crippen LogP contribution >= 0.6 is 0 Å². The van der Waals surface area contributed by atoms with Gasteiger partial charge in [-0.05, 0) is 43.2 Å². The predicted molar refractivity (Wildman–Crippen MR) is 67.9 cm³/mol. The molecule has 0 aromatic carbocycles. The van der Waals surface area contributed by atoms with Crippen molar-refractivity contribution in [3.05, 3.63) is 24.0 Å². The summed E-state index contributed by atoms with van der Waals surface area (Å²) < 4.78 is 1.89. The Kier molecular flexibility index (Phi) is 3.12. The van der Waals surface area contributed by atoms with Gasteiger partial charge < -0.3 is 14.6 Å². The zero-order chi connectivity index (χ0) is 12.5. The number of rotatable bonds is 4. The number of aliphatic hydroxyl groups excluding tert-OH is 1. The predicted octanol–water partition coefficient (Wildman–Crippen LogP) is 1.55. The first kappa shape index (κ1) is 11.8. The van der Waals surface area contributed by atoms with Crippen LogP contribution in [0.4, 0.5) is 0 Å². The van der Waals surface area contributed by atoms with Crippen molar-refractivity contribution in [1.29, 1.82) is 0 Å². The summed E-state index contributed by atoms with van der Waals surface area (Å²) in [7, 11) is 0. The Morgan fingerprint density at radius 2 is 2.11 bits per heavy atom. The number of amides is 1. The Hall–Kier alpha value is -1.29. The zero-order valence-corrected chi connectivity index (χ0v) is 10.6. The van der Waals surface area contributed by atoms with Crippen molar-refractivity contribution in [3.8, 4) is 0 Å². The average molecular weight is 248 g/mol. The van der Waals surface area contributed by atoms with E-state index >= 15 is 0 Å². The van der Waals surface area contributed by atoms with E-state index in [9.17, 15) is 9.90 Å². The summed E-state index contributed by atoms with van der Waals surface area (Å²) >= 11 is 0. The molecule has 2 heterocycles. The Balaban J connectivity index is 1.60. The van der Waals surface area contributed by atoms with E-state index < -0.39 is 0 Å². The number of likely N-dealkylation sites (tertiary alicyclic amines) is 1. The summed E-state index contributed by atoms with van der Waals surface area (Å²) in [5.74, 6) is 0.630. The highest BCUT2D eigenvalue weighted by atomic mass is 16.3. The molecule has 1 N–H and O–H groups in total. The fourth-order valence-electron chi connectivity index (χ4n) is 2.64. The highest BCUT2D eigenvalue weighted by Crippen LogP contribution is 2.40. The van der Waals surface area contributed by atoms with E-state index in [4.69, 9.17) is 0 Å². The fraction of sp³-hybridized carbons (Fsp3) is 0.643. The van der Waals surface area contributed by atoms with E-state index in [2.05, 4.69) is 0 Å². The smallest absolute Gasteiger partial charge is 0.242 e. The number of carbonyl (C=O) groups excluding carboxylic acids is 1. The molecule has 1 aromatic heterocycles. The third-order valence-corrected chi connectivity index (χ3v) is 3.96. The van der Waals surface area contributed by atoms with Crippen molar-refractivity contribution in [2.45, 2.75) is 38.3 Å². The van der Waals surface area contributed by atoms with Crippen molar-refractivity contribution >= 4 is 5.91 Å². The SMILES string of the molecule is O=C(Cn1ccc(C(O)C2CC2)c1)N1CCCC1. The summed E-state index contributed by atoms with van der Waals surface area (Å²) in [6.07, 6.45) is 7.98. The number of hydrogen-bond donors (Lipinski definition) is 1. The quantitative estimate of drug-likeness (QED) is 0.878. The highest BCUT2D eigenvalue weighted by molar-refractivity contribution is 5.76. The van der Waals surface area contributed by atoms with Crippen LogP contribution in [0.25, 0.3) is 0 Å². The second-order valence-corrected chi connectivity index (χ2v) is 5.49. The molecule has 2 aliphatic rings. The largest absolute Gasteiger partial charge is 0.388 e. The van der Waals surface area contributed by atoms with Crippen LogP contribution in [0.3, 0.4) is 0 Å². The average Bonchev–Trinajstić information content (AvgIpc) is 2.90. The van der Waals surface area contributed by atoms with Crippen LogP contribution in [0.5, 0.6) is 0 Å². The summed E-state index contributed by atoms with van der Waals surface area (Å²) in [5.41, 5.74) is 0.951. The molecule has 18 heavy (non-hydrogen) atoms. The molecule has 4 nitrogen and oxygen atoms in total. The maximum absolute atomic E-state index is 12.0. The third-order valence-electron chi connectivity index (χ3n) is 3.96. The molecular formula is C14H20N2O2. The van der Waals surface area contributed by atoms with Crippen LogP contribution < -0.4 is 0 Å². The van der Waals surface area contributed by atoms with Crippen molar-refractivity contribution in [1.82, 2.24) is 9.47 Å². The zero-order valence-electron chi connectivity index (χ0n) is 10.6. The van der Waals surface area contributed by atoms with Gasteiger partial charge in [-0.3, -0.25) is 4.79 Å². The fourth-order valence-corrected chi connectivity index (χ4v) is 2.64. The summed E-state index contributed by atoms with van der Waals surface area (Å²) in [6, 6.07) is 1.93. The lowest BCUT2D eigenvalue weighted by molar-refractivity contribution is -0.130. The molecule has 1 unspecified atom stereocenters. The maximum atomic E-state index is 12.0. The Morgan fingerprint density at radius 3 is 2.78 bits per heavy atom. The van der Waals surface area contributed by atoms with Gasteiger partial charge in [0.1, 0.15) is 6.54 Å². The Morgan fingerprint density at radius 1 is 1.39 bits per heavy atom. The minimum Gasteiger partial charge on any atom is -0.388 e. The molecule has 1 aromatic rings. The van der Waals surface area contributed by atoms with Crippen molar-refractivity contribution < 1.29 is 9.90 Å². The minimum absolute atomic E-state index is 0.190. The molecule has 1 amide bonds. The minimum atomic E-state index is -0.340. The van der Waals surface area contributed by atoms with Crippen LogP contribution in [-0.2, 0) is 11.3 Å². The van der Waals surface area contributed by atoms with Gasteiger partial charge in [0.25, 0.3) is 0 Å². The van der Waals surface area contributed by atoms with Gasteiger partial charge in [-0.2, -0.15) is 0 Å². The molecule has 4 heteroatoms. The summed E-state index contributed by atoms with van der Waals surface area (Å²) in [4.78, 5) is 13.9. The monoisotopic (exact) mass is 248 g/mol. The highest BCUT2D eigenvalue weighted by Gasteiger charge is 2.31. The van der Waals surface area contributed by atoms with Crippen LogP contribution in [-0.4, -0.2) is 33.6 Å². The summed E-state index contributed by atoms with van der Waals surface area (Å²) in [6.45, 7) is 2.20. The van der Waals surface area contributed by atoms with Gasteiger partial charge in [0.05, 0.1) is 6.10 Å². The lowest BCUT2D eigenvalue weighted by Gasteiger charge is -2.15. The van der Waals surface area contributed by atoms with Gasteiger partial charge in [0, 0.05) is 25.5 Å². The standard InChI is InChI=1S/C14H20N2O2/c17-13(16-6-1-2-7-16)10-15-8-5-12(9-15)14(18)11-3-4-11/h5,8-9,11,14,18H,1-4,6-7,10H2. The van der Waals surface area contributed by atoms with Crippen LogP contribution in [0.1, 0.15) is 37.4 Å². The molecule has 0 spiro atoms. The number of carbonyl (C=O) groups is 1. The van der Waals surface area contributed by atoms with Gasteiger partial charge in [-0.1, -0.05) is 0 Å². The number of aliphatic hydroxyl groups is 1. The molecule has 1 saturated heterocycles. The maximum Gasteiger partial charge on any atom is 0.242 e. The van der Waals surface area contributed by atoms with Gasteiger partial charge in [-0.25, -0.2) is 0 Å². The molecule has 1 aliphatic carbocycles. The van der Waals surface area contributed by atoms with E-state index in [1.54, 1.807) is 0 Å². The van der Waals surface area contributed by atoms with E-state index in [-0.39, 0.29) is 12.0 Å². The number of aromatic nitrogens is 1. The molecule has 3 rings (SSSR count). The van der Waals surface area contributed by atoms with E-state index in [1.807, 2.05) is 27.9 Å². The first-order chi connectivity index (χ1) is 8.74. The van der Waals surface area contributed by atoms with Crippen LogP contribution in [0, 0.1) is 5.92 Å². The molecule has 2 fully saturated rings. The number of nitrogens with zero attached hydrogens (tertiary/aromatic N) is 2. The van der Waals surface area contributed by atoms with Gasteiger partial charge in [-0.15, -0.1) is 0 Å². The normalized spacial score (nSPS) is 21.3. The molecule has 1 atom stereocenters. The van der Waals surface area contributed by atoms with E-state index in [0.29, 0.717) is 12.5 Å². The van der Waals surface area contributed by atoms with Crippen molar-refractivity contribution in [2.24, 2.45) is 5.92 Å².